The van der Waals surface area contributed by atoms with Gasteiger partial charge in [-0.25, -0.2) is 0 Å². The SMILES string of the molecule is CC1(C)OB(c2cccc3cccc(COC4CCCCO4)c23)OC1(C)C. The van der Waals surface area contributed by atoms with E-state index in [2.05, 4.69) is 64.1 Å². The van der Waals surface area contributed by atoms with E-state index in [0.29, 0.717) is 6.61 Å². The van der Waals surface area contributed by atoms with E-state index in [4.69, 9.17) is 18.8 Å². The maximum atomic E-state index is 6.32. The van der Waals surface area contributed by atoms with Gasteiger partial charge in [-0.3, -0.25) is 0 Å². The lowest BCUT2D eigenvalue weighted by atomic mass is 9.75. The maximum absolute atomic E-state index is 6.32. The van der Waals surface area contributed by atoms with Crippen molar-refractivity contribution in [2.75, 3.05) is 6.61 Å². The summed E-state index contributed by atoms with van der Waals surface area (Å²) in [6.07, 6.45) is 3.16. The fraction of sp³-hybridized carbons (Fsp3) is 0.545. The summed E-state index contributed by atoms with van der Waals surface area (Å²) in [5, 5.41) is 2.34. The molecule has 0 spiro atoms. The van der Waals surface area contributed by atoms with Gasteiger partial charge < -0.3 is 18.8 Å². The van der Waals surface area contributed by atoms with Gasteiger partial charge in [0.15, 0.2) is 6.29 Å². The van der Waals surface area contributed by atoms with Gasteiger partial charge in [0.05, 0.1) is 17.8 Å². The highest BCUT2D eigenvalue weighted by Crippen LogP contribution is 2.37. The van der Waals surface area contributed by atoms with Crippen molar-refractivity contribution < 1.29 is 18.8 Å². The molecule has 27 heavy (non-hydrogen) atoms. The van der Waals surface area contributed by atoms with Crippen LogP contribution in [-0.2, 0) is 25.4 Å². The number of hydrogen-bond acceptors (Lipinski definition) is 4. The van der Waals surface area contributed by atoms with Crippen LogP contribution in [0.3, 0.4) is 0 Å². The van der Waals surface area contributed by atoms with Gasteiger partial charge in [-0.2, -0.15) is 0 Å². The van der Waals surface area contributed by atoms with E-state index in [1.54, 1.807) is 0 Å². The molecule has 2 aliphatic heterocycles. The van der Waals surface area contributed by atoms with Crippen LogP contribution in [0.5, 0.6) is 0 Å². The minimum atomic E-state index is -0.384. The van der Waals surface area contributed by atoms with Gasteiger partial charge in [0, 0.05) is 6.61 Å². The third kappa shape index (κ3) is 3.66. The summed E-state index contributed by atoms with van der Waals surface area (Å²) in [6.45, 7) is 9.66. The molecule has 4 rings (SSSR count). The van der Waals surface area contributed by atoms with Crippen molar-refractivity contribution in [3.05, 3.63) is 42.0 Å². The molecule has 2 fully saturated rings. The highest BCUT2D eigenvalue weighted by molar-refractivity contribution is 6.65. The Labute approximate surface area is 162 Å². The molecule has 1 unspecified atom stereocenters. The second kappa shape index (κ2) is 7.21. The molecule has 2 saturated heterocycles. The molecule has 2 aromatic carbocycles. The first kappa shape index (κ1) is 18.9. The second-order valence-electron chi connectivity index (χ2n) is 8.56. The van der Waals surface area contributed by atoms with Crippen molar-refractivity contribution in [1.29, 1.82) is 0 Å². The number of benzene rings is 2. The smallest absolute Gasteiger partial charge is 0.399 e. The Morgan fingerprint density at radius 3 is 2.37 bits per heavy atom. The van der Waals surface area contributed by atoms with Crippen LogP contribution in [0.15, 0.2) is 36.4 Å². The molecule has 0 amide bonds. The van der Waals surface area contributed by atoms with Crippen LogP contribution in [0.25, 0.3) is 10.8 Å². The Hall–Kier alpha value is -1.40. The first-order valence-corrected chi connectivity index (χ1v) is 9.97. The average Bonchev–Trinajstić information content (AvgIpc) is 2.87. The largest absolute Gasteiger partial charge is 0.495 e. The second-order valence-corrected chi connectivity index (χ2v) is 8.56. The minimum Gasteiger partial charge on any atom is -0.399 e. The van der Waals surface area contributed by atoms with Crippen molar-refractivity contribution in [2.24, 2.45) is 0 Å². The Morgan fingerprint density at radius 1 is 1.00 bits per heavy atom. The van der Waals surface area contributed by atoms with Gasteiger partial charge in [0.25, 0.3) is 0 Å². The zero-order valence-corrected chi connectivity index (χ0v) is 16.8. The highest BCUT2D eigenvalue weighted by atomic mass is 16.7. The van der Waals surface area contributed by atoms with E-state index >= 15 is 0 Å². The lowest BCUT2D eigenvalue weighted by molar-refractivity contribution is -0.168. The van der Waals surface area contributed by atoms with Crippen LogP contribution >= 0.6 is 0 Å². The molecule has 0 aromatic heterocycles. The zero-order valence-electron chi connectivity index (χ0n) is 16.8. The van der Waals surface area contributed by atoms with E-state index in [-0.39, 0.29) is 24.6 Å². The van der Waals surface area contributed by atoms with E-state index in [1.165, 1.54) is 11.8 Å². The Bertz CT molecular complexity index is 790. The van der Waals surface area contributed by atoms with Gasteiger partial charge in [-0.1, -0.05) is 36.4 Å². The Morgan fingerprint density at radius 2 is 1.70 bits per heavy atom. The third-order valence-corrected chi connectivity index (χ3v) is 6.09. The molecule has 0 saturated carbocycles. The summed E-state index contributed by atoms with van der Waals surface area (Å²) in [4.78, 5) is 0. The molecule has 1 atom stereocenters. The highest BCUT2D eigenvalue weighted by Gasteiger charge is 2.52. The molecule has 0 radical (unpaired) electrons. The standard InChI is InChI=1S/C22H29BO4/c1-21(2)22(3,4)27-23(26-21)18-12-8-10-16-9-7-11-17(20(16)18)15-25-19-13-5-6-14-24-19/h7-12,19H,5-6,13-15H2,1-4H3. The predicted molar refractivity (Wildman–Crippen MR) is 108 cm³/mol. The monoisotopic (exact) mass is 368 g/mol. The number of hydrogen-bond donors (Lipinski definition) is 0. The predicted octanol–water partition coefficient (Wildman–Crippen LogP) is 4.18. The van der Waals surface area contributed by atoms with Crippen LogP contribution in [0.4, 0.5) is 0 Å². The van der Waals surface area contributed by atoms with Crippen LogP contribution in [-0.4, -0.2) is 31.2 Å². The molecule has 0 bridgehead atoms. The van der Waals surface area contributed by atoms with Gasteiger partial charge in [0.1, 0.15) is 0 Å². The Kier molecular flexibility index (Phi) is 5.06. The molecule has 144 valence electrons. The van der Waals surface area contributed by atoms with Gasteiger partial charge >= 0.3 is 7.12 Å². The van der Waals surface area contributed by atoms with Crippen molar-refractivity contribution in [3.8, 4) is 0 Å². The van der Waals surface area contributed by atoms with Gasteiger partial charge in [0.2, 0.25) is 0 Å². The molecule has 5 heteroatoms. The summed E-state index contributed by atoms with van der Waals surface area (Å²) in [6, 6.07) is 12.6. The lowest BCUT2D eigenvalue weighted by Crippen LogP contribution is -2.41. The molecule has 2 aromatic rings. The third-order valence-electron chi connectivity index (χ3n) is 6.09. The zero-order chi connectivity index (χ0) is 19.1. The fourth-order valence-electron chi connectivity index (χ4n) is 3.76. The van der Waals surface area contributed by atoms with Crippen molar-refractivity contribution >= 4 is 23.4 Å². The number of ether oxygens (including phenoxy) is 2. The molecular weight excluding hydrogens is 339 g/mol. The first-order valence-electron chi connectivity index (χ1n) is 9.97. The normalized spacial score (nSPS) is 24.4. The minimum absolute atomic E-state index is 0.0991. The molecule has 0 aliphatic carbocycles. The Balaban J connectivity index is 1.65. The summed E-state index contributed by atoms with van der Waals surface area (Å²) < 4.78 is 24.4. The summed E-state index contributed by atoms with van der Waals surface area (Å²) in [5.41, 5.74) is 1.49. The molecular formula is C22H29BO4. The molecule has 4 nitrogen and oxygen atoms in total. The summed E-state index contributed by atoms with van der Waals surface area (Å²) in [7, 11) is -0.384. The van der Waals surface area contributed by atoms with Crippen molar-refractivity contribution in [2.45, 2.75) is 71.1 Å². The van der Waals surface area contributed by atoms with Gasteiger partial charge in [-0.05, 0) is 68.8 Å². The van der Waals surface area contributed by atoms with Crippen LogP contribution in [0.2, 0.25) is 0 Å². The molecule has 2 heterocycles. The summed E-state index contributed by atoms with van der Waals surface area (Å²) in [5.74, 6) is 0. The summed E-state index contributed by atoms with van der Waals surface area (Å²) >= 11 is 0. The van der Waals surface area contributed by atoms with Crippen molar-refractivity contribution in [1.82, 2.24) is 0 Å². The van der Waals surface area contributed by atoms with E-state index in [9.17, 15) is 0 Å². The van der Waals surface area contributed by atoms with Crippen molar-refractivity contribution in [3.63, 3.8) is 0 Å². The number of fused-ring (bicyclic) bond motifs is 1. The quantitative estimate of drug-likeness (QED) is 0.759. The lowest BCUT2D eigenvalue weighted by Gasteiger charge is -2.32. The van der Waals surface area contributed by atoms with E-state index < -0.39 is 0 Å². The fourth-order valence-corrected chi connectivity index (χ4v) is 3.76. The van der Waals surface area contributed by atoms with E-state index in [1.807, 2.05) is 0 Å². The van der Waals surface area contributed by atoms with Crippen LogP contribution < -0.4 is 5.46 Å². The van der Waals surface area contributed by atoms with E-state index in [0.717, 1.165) is 35.9 Å². The number of rotatable bonds is 4. The average molecular weight is 368 g/mol. The first-order chi connectivity index (χ1) is 12.9. The molecule has 2 aliphatic rings. The van der Waals surface area contributed by atoms with Crippen LogP contribution in [0, 0.1) is 0 Å². The van der Waals surface area contributed by atoms with Gasteiger partial charge in [-0.15, -0.1) is 0 Å². The topological polar surface area (TPSA) is 36.9 Å². The van der Waals surface area contributed by atoms with Crippen LogP contribution in [0.1, 0.15) is 52.5 Å². The molecule has 0 N–H and O–H groups in total. The maximum Gasteiger partial charge on any atom is 0.495 e.